The fraction of sp³-hybridized carbons (Fsp3) is 0.972. The van der Waals surface area contributed by atoms with Gasteiger partial charge in [0.25, 0.3) is 0 Å². The lowest BCUT2D eigenvalue weighted by atomic mass is 10.1. The molecule has 0 radical (unpaired) electrons. The molecule has 12 heteroatoms. The van der Waals surface area contributed by atoms with Crippen molar-refractivity contribution < 1.29 is 51.9 Å². The molecule has 0 rings (SSSR count). The third kappa shape index (κ3) is 33.8. The van der Waals surface area contributed by atoms with Crippen molar-refractivity contribution in [2.75, 3.05) is 119 Å². The first-order chi connectivity index (χ1) is 23.2. The standard InChI is InChI=1S/C36H74O11Si/c1-7-8-9-10-11-12-13-14-15-16-35(37)46-33-31-44-29-27-42-25-23-40-21-19-38-17-18-39-20-22-41-24-26-43-28-30-45-32-34-47-48(5,6)36(2,3)4/h7-34H2,1-6H3. The number of esters is 1. The van der Waals surface area contributed by atoms with E-state index in [1.54, 1.807) is 0 Å². The van der Waals surface area contributed by atoms with E-state index >= 15 is 0 Å². The topological polar surface area (TPSA) is 109 Å². The van der Waals surface area contributed by atoms with E-state index in [1.807, 2.05) is 0 Å². The second-order valence-corrected chi connectivity index (χ2v) is 18.1. The summed E-state index contributed by atoms with van der Waals surface area (Å²) >= 11 is 0. The van der Waals surface area contributed by atoms with Crippen molar-refractivity contribution in [2.24, 2.45) is 0 Å². The van der Waals surface area contributed by atoms with E-state index in [0.717, 1.165) is 12.8 Å². The third-order valence-electron chi connectivity index (χ3n) is 8.08. The summed E-state index contributed by atoms with van der Waals surface area (Å²) in [6.07, 6.45) is 11.6. The summed E-state index contributed by atoms with van der Waals surface area (Å²) in [5.41, 5.74) is 0. The molecule has 0 aromatic rings. The van der Waals surface area contributed by atoms with Crippen molar-refractivity contribution in [3.8, 4) is 0 Å². The molecule has 0 amide bonds. The molecular formula is C36H74O11Si. The van der Waals surface area contributed by atoms with Gasteiger partial charge in [-0.1, -0.05) is 79.1 Å². The van der Waals surface area contributed by atoms with Crippen LogP contribution in [0.3, 0.4) is 0 Å². The van der Waals surface area contributed by atoms with Gasteiger partial charge in [0.15, 0.2) is 8.32 Å². The fourth-order valence-electron chi connectivity index (χ4n) is 4.08. The average molecular weight is 711 g/mol. The number of hydrogen-bond donors (Lipinski definition) is 0. The highest BCUT2D eigenvalue weighted by Gasteiger charge is 2.36. The van der Waals surface area contributed by atoms with Crippen LogP contribution in [0.15, 0.2) is 0 Å². The molecule has 0 aromatic carbocycles. The van der Waals surface area contributed by atoms with Gasteiger partial charge in [0.1, 0.15) is 6.61 Å². The zero-order valence-electron chi connectivity index (χ0n) is 31.8. The molecule has 0 aliphatic rings. The Labute approximate surface area is 294 Å². The van der Waals surface area contributed by atoms with Crippen LogP contribution in [-0.4, -0.2) is 133 Å². The van der Waals surface area contributed by atoms with Crippen molar-refractivity contribution in [2.45, 2.75) is 110 Å². The summed E-state index contributed by atoms with van der Waals surface area (Å²) in [5.74, 6) is -0.133. The van der Waals surface area contributed by atoms with Gasteiger partial charge in [-0.2, -0.15) is 0 Å². The second kappa shape index (κ2) is 34.8. The fourth-order valence-corrected chi connectivity index (χ4v) is 5.11. The van der Waals surface area contributed by atoms with Crippen LogP contribution in [0.4, 0.5) is 0 Å². The zero-order chi connectivity index (χ0) is 35.4. The highest BCUT2D eigenvalue weighted by molar-refractivity contribution is 6.74. The van der Waals surface area contributed by atoms with E-state index in [9.17, 15) is 4.79 Å². The van der Waals surface area contributed by atoms with Crippen LogP contribution in [0.2, 0.25) is 18.1 Å². The molecule has 0 aliphatic carbocycles. The summed E-state index contributed by atoms with van der Waals surface area (Å²) < 4.78 is 55.3. The first-order valence-electron chi connectivity index (χ1n) is 18.6. The predicted octanol–water partition coefficient (Wildman–Crippen LogP) is 6.61. The normalized spacial score (nSPS) is 12.2. The molecule has 288 valence electrons. The van der Waals surface area contributed by atoms with Crippen LogP contribution in [0.5, 0.6) is 0 Å². The highest BCUT2D eigenvalue weighted by atomic mass is 28.4. The summed E-state index contributed by atoms with van der Waals surface area (Å²) in [5, 5.41) is 0.216. The van der Waals surface area contributed by atoms with E-state index in [2.05, 4.69) is 40.8 Å². The summed E-state index contributed by atoms with van der Waals surface area (Å²) in [6.45, 7) is 22.5. The van der Waals surface area contributed by atoms with Crippen LogP contribution < -0.4 is 0 Å². The molecule has 0 aromatic heterocycles. The van der Waals surface area contributed by atoms with E-state index in [-0.39, 0.29) is 11.0 Å². The number of hydrogen-bond acceptors (Lipinski definition) is 11. The maximum Gasteiger partial charge on any atom is 0.305 e. The van der Waals surface area contributed by atoms with Crippen molar-refractivity contribution >= 4 is 14.3 Å². The lowest BCUT2D eigenvalue weighted by Gasteiger charge is -2.36. The van der Waals surface area contributed by atoms with E-state index in [0.29, 0.717) is 125 Å². The molecular weight excluding hydrogens is 636 g/mol. The van der Waals surface area contributed by atoms with Crippen LogP contribution in [-0.2, 0) is 51.9 Å². The first kappa shape index (κ1) is 47.3. The molecule has 0 spiro atoms. The molecule has 0 heterocycles. The Balaban J connectivity index is 3.18. The molecule has 11 nitrogen and oxygen atoms in total. The first-order valence-corrected chi connectivity index (χ1v) is 21.5. The molecule has 0 aliphatic heterocycles. The highest BCUT2D eigenvalue weighted by Crippen LogP contribution is 2.36. The Bertz CT molecular complexity index is 677. The Morgan fingerprint density at radius 2 is 0.729 bits per heavy atom. The molecule has 0 bridgehead atoms. The lowest BCUT2D eigenvalue weighted by molar-refractivity contribution is -0.145. The van der Waals surface area contributed by atoms with Crippen LogP contribution in [0.25, 0.3) is 0 Å². The Hall–Kier alpha value is -0.673. The van der Waals surface area contributed by atoms with Crippen molar-refractivity contribution in [1.29, 1.82) is 0 Å². The zero-order valence-corrected chi connectivity index (χ0v) is 32.8. The monoisotopic (exact) mass is 711 g/mol. The third-order valence-corrected chi connectivity index (χ3v) is 12.6. The van der Waals surface area contributed by atoms with Gasteiger partial charge in [0, 0.05) is 6.42 Å². The number of carbonyl (C=O) groups excluding carboxylic acids is 1. The second-order valence-electron chi connectivity index (χ2n) is 13.3. The molecule has 0 fully saturated rings. The molecule has 0 N–H and O–H groups in total. The minimum atomic E-state index is -1.70. The maximum absolute atomic E-state index is 11.8. The minimum Gasteiger partial charge on any atom is -0.463 e. The van der Waals surface area contributed by atoms with Crippen LogP contribution in [0.1, 0.15) is 91.9 Å². The van der Waals surface area contributed by atoms with Crippen molar-refractivity contribution in [3.63, 3.8) is 0 Å². The van der Waals surface area contributed by atoms with Crippen molar-refractivity contribution in [1.82, 2.24) is 0 Å². The largest absolute Gasteiger partial charge is 0.463 e. The molecule has 0 saturated carbocycles. The van der Waals surface area contributed by atoms with Gasteiger partial charge >= 0.3 is 5.97 Å². The predicted molar refractivity (Wildman–Crippen MR) is 193 cm³/mol. The van der Waals surface area contributed by atoms with Gasteiger partial charge < -0.3 is 47.1 Å². The lowest BCUT2D eigenvalue weighted by Crippen LogP contribution is -2.41. The van der Waals surface area contributed by atoms with Gasteiger partial charge in [0.2, 0.25) is 0 Å². The van der Waals surface area contributed by atoms with Crippen LogP contribution in [0, 0.1) is 0 Å². The Kier molecular flexibility index (Phi) is 34.3. The van der Waals surface area contributed by atoms with Gasteiger partial charge in [-0.3, -0.25) is 4.79 Å². The molecule has 0 unspecified atom stereocenters. The maximum atomic E-state index is 11.8. The van der Waals surface area contributed by atoms with Crippen LogP contribution >= 0.6 is 0 Å². The van der Waals surface area contributed by atoms with Gasteiger partial charge in [0.05, 0.1) is 112 Å². The molecule has 0 atom stereocenters. The summed E-state index contributed by atoms with van der Waals surface area (Å²) in [6, 6.07) is 0. The van der Waals surface area contributed by atoms with Gasteiger partial charge in [-0.25, -0.2) is 0 Å². The Morgan fingerprint density at radius 3 is 1.06 bits per heavy atom. The van der Waals surface area contributed by atoms with E-state index in [4.69, 9.17) is 47.1 Å². The molecule has 48 heavy (non-hydrogen) atoms. The van der Waals surface area contributed by atoms with E-state index in [1.165, 1.54) is 44.9 Å². The minimum absolute atomic E-state index is 0.133. The number of unbranched alkanes of at least 4 members (excludes halogenated alkanes) is 8. The quantitative estimate of drug-likeness (QED) is 0.0393. The van der Waals surface area contributed by atoms with Gasteiger partial charge in [-0.15, -0.1) is 0 Å². The number of rotatable bonds is 38. The SMILES string of the molecule is CCCCCCCCCCCC(=O)OCCOCCOCCOCCOCCOCCOCCOCCOCCO[Si](C)(C)C(C)(C)C. The van der Waals surface area contributed by atoms with E-state index < -0.39 is 8.32 Å². The van der Waals surface area contributed by atoms with Gasteiger partial charge in [-0.05, 0) is 24.6 Å². The summed E-state index contributed by atoms with van der Waals surface area (Å²) in [4.78, 5) is 11.8. The number of ether oxygens (including phenoxy) is 9. The number of carbonyl (C=O) groups is 1. The Morgan fingerprint density at radius 1 is 0.438 bits per heavy atom. The smallest absolute Gasteiger partial charge is 0.305 e. The average Bonchev–Trinajstić information content (AvgIpc) is 3.04. The molecule has 0 saturated heterocycles. The van der Waals surface area contributed by atoms with Crippen molar-refractivity contribution in [3.05, 3.63) is 0 Å². The summed E-state index contributed by atoms with van der Waals surface area (Å²) in [7, 11) is -1.70.